The maximum atomic E-state index is 6.01. The summed E-state index contributed by atoms with van der Waals surface area (Å²) in [6.45, 7) is 14.8. The first-order valence-corrected chi connectivity index (χ1v) is 8.61. The lowest BCUT2D eigenvalue weighted by atomic mass is 10.2. The van der Waals surface area contributed by atoms with Crippen LogP contribution in [0.3, 0.4) is 0 Å². The molecule has 0 unspecified atom stereocenters. The van der Waals surface area contributed by atoms with Crippen molar-refractivity contribution in [1.29, 1.82) is 0 Å². The molecule has 0 aliphatic carbocycles. The monoisotopic (exact) mass is 296 g/mol. The Bertz CT molecular complexity index is 335. The molecule has 1 aromatic rings. The summed E-state index contributed by atoms with van der Waals surface area (Å²) in [5.41, 5.74) is 7.33. The molecular formula is C17H32N2S. The minimum absolute atomic E-state index is 0.214. The Labute approximate surface area is 130 Å². The zero-order chi connectivity index (χ0) is 15.6. The van der Waals surface area contributed by atoms with Crippen molar-refractivity contribution in [3.05, 3.63) is 24.3 Å². The molecule has 0 spiro atoms. The lowest BCUT2D eigenvalue weighted by molar-refractivity contribution is 0.744. The van der Waals surface area contributed by atoms with Gasteiger partial charge in [0.25, 0.3) is 0 Å². The highest BCUT2D eigenvalue weighted by atomic mass is 32.2. The third-order valence-corrected chi connectivity index (χ3v) is 3.60. The molecule has 3 heteroatoms. The molecule has 2 N–H and O–H groups in total. The van der Waals surface area contributed by atoms with Gasteiger partial charge in [0.15, 0.2) is 0 Å². The minimum atomic E-state index is -0.214. The predicted octanol–water partition coefficient (Wildman–Crippen LogP) is 5.13. The van der Waals surface area contributed by atoms with Crippen molar-refractivity contribution in [3.8, 4) is 0 Å². The maximum absolute atomic E-state index is 6.01. The van der Waals surface area contributed by atoms with E-state index in [2.05, 4.69) is 43.0 Å². The van der Waals surface area contributed by atoms with E-state index in [0.717, 1.165) is 13.1 Å². The van der Waals surface area contributed by atoms with E-state index in [4.69, 9.17) is 5.73 Å². The zero-order valence-electron chi connectivity index (χ0n) is 14.1. The van der Waals surface area contributed by atoms with Crippen LogP contribution in [0.2, 0.25) is 0 Å². The molecule has 0 saturated carbocycles. The second kappa shape index (κ2) is 10.1. The molecule has 1 rings (SSSR count). The molecule has 0 fully saturated rings. The lowest BCUT2D eigenvalue weighted by Crippen LogP contribution is -2.27. The fourth-order valence-electron chi connectivity index (χ4n) is 1.94. The van der Waals surface area contributed by atoms with Crippen molar-refractivity contribution in [2.24, 2.45) is 5.73 Å². The van der Waals surface area contributed by atoms with Crippen LogP contribution in [0.15, 0.2) is 29.2 Å². The van der Waals surface area contributed by atoms with Crippen molar-refractivity contribution in [3.63, 3.8) is 0 Å². The highest BCUT2D eigenvalue weighted by Gasteiger charge is 2.12. The van der Waals surface area contributed by atoms with Gasteiger partial charge in [-0.1, -0.05) is 27.7 Å². The Hall–Kier alpha value is -0.670. The molecule has 0 heterocycles. The summed E-state index contributed by atoms with van der Waals surface area (Å²) in [4.78, 5) is 3.47. The van der Waals surface area contributed by atoms with Crippen LogP contribution in [0, 0.1) is 0 Å². The quantitative estimate of drug-likeness (QED) is 0.559. The van der Waals surface area contributed by atoms with Crippen molar-refractivity contribution in [1.82, 2.24) is 0 Å². The molecule has 20 heavy (non-hydrogen) atoms. The van der Waals surface area contributed by atoms with Crippen LogP contribution in [0.1, 0.15) is 54.4 Å². The van der Waals surface area contributed by atoms with E-state index in [1.54, 1.807) is 11.8 Å². The fraction of sp³-hybridized carbons (Fsp3) is 0.647. The molecule has 0 amide bonds. The molecule has 0 saturated heterocycles. The first-order chi connectivity index (χ1) is 9.46. The molecule has 0 atom stereocenters. The Balaban J connectivity index is 0.00000172. The van der Waals surface area contributed by atoms with Crippen LogP contribution >= 0.6 is 11.8 Å². The molecular weight excluding hydrogens is 264 g/mol. The van der Waals surface area contributed by atoms with Crippen molar-refractivity contribution in [2.75, 3.05) is 18.0 Å². The minimum Gasteiger partial charge on any atom is -0.372 e. The summed E-state index contributed by atoms with van der Waals surface area (Å²) >= 11 is 1.71. The second-order valence-electron chi connectivity index (χ2n) is 5.19. The summed E-state index contributed by atoms with van der Waals surface area (Å²) < 4.78 is 0. The van der Waals surface area contributed by atoms with Gasteiger partial charge in [0, 0.05) is 23.7 Å². The topological polar surface area (TPSA) is 29.3 Å². The number of hydrogen-bond donors (Lipinski definition) is 1. The van der Waals surface area contributed by atoms with Crippen LogP contribution < -0.4 is 10.6 Å². The van der Waals surface area contributed by atoms with E-state index in [0.29, 0.717) is 0 Å². The third kappa shape index (κ3) is 7.81. The van der Waals surface area contributed by atoms with Gasteiger partial charge in [0.2, 0.25) is 0 Å². The van der Waals surface area contributed by atoms with Gasteiger partial charge in [-0.2, -0.15) is 0 Å². The van der Waals surface area contributed by atoms with Gasteiger partial charge in [0.05, 0.1) is 4.87 Å². The lowest BCUT2D eigenvalue weighted by Gasteiger charge is -2.24. The molecule has 0 radical (unpaired) electrons. The summed E-state index contributed by atoms with van der Waals surface area (Å²) in [6.07, 6.45) is 2.37. The molecule has 1 aromatic carbocycles. The van der Waals surface area contributed by atoms with Crippen LogP contribution in [-0.4, -0.2) is 18.0 Å². The fourth-order valence-corrected chi connectivity index (χ4v) is 2.82. The van der Waals surface area contributed by atoms with Gasteiger partial charge in [-0.05, 0) is 51.0 Å². The number of rotatable bonds is 7. The highest BCUT2D eigenvalue weighted by Crippen LogP contribution is 2.29. The van der Waals surface area contributed by atoms with Crippen LogP contribution in [0.4, 0.5) is 5.69 Å². The third-order valence-electron chi connectivity index (χ3n) is 2.57. The van der Waals surface area contributed by atoms with E-state index in [-0.39, 0.29) is 4.87 Å². The smallest absolute Gasteiger partial charge is 0.0609 e. The summed E-state index contributed by atoms with van der Waals surface area (Å²) in [5, 5.41) is 0. The van der Waals surface area contributed by atoms with E-state index in [9.17, 15) is 0 Å². The molecule has 116 valence electrons. The number of anilines is 1. The Kier molecular flexibility index (Phi) is 9.78. The number of hydrogen-bond acceptors (Lipinski definition) is 3. The summed E-state index contributed by atoms with van der Waals surface area (Å²) in [5.74, 6) is 0. The first-order valence-electron chi connectivity index (χ1n) is 7.79. The van der Waals surface area contributed by atoms with E-state index in [1.807, 2.05) is 27.7 Å². The average Bonchev–Trinajstić information content (AvgIpc) is 2.40. The number of benzene rings is 1. The van der Waals surface area contributed by atoms with E-state index in [1.165, 1.54) is 23.4 Å². The Morgan fingerprint density at radius 3 is 1.80 bits per heavy atom. The van der Waals surface area contributed by atoms with Gasteiger partial charge in [-0.3, -0.25) is 0 Å². The molecule has 0 aliphatic rings. The number of nitrogens with zero attached hydrogens (tertiary/aromatic N) is 1. The van der Waals surface area contributed by atoms with Crippen LogP contribution in [0.25, 0.3) is 0 Å². The van der Waals surface area contributed by atoms with Gasteiger partial charge in [0.1, 0.15) is 0 Å². The second-order valence-corrected chi connectivity index (χ2v) is 6.91. The van der Waals surface area contributed by atoms with E-state index < -0.39 is 0 Å². The van der Waals surface area contributed by atoms with Crippen molar-refractivity contribution in [2.45, 2.75) is 64.2 Å². The largest absolute Gasteiger partial charge is 0.372 e. The molecule has 2 nitrogen and oxygen atoms in total. The van der Waals surface area contributed by atoms with E-state index >= 15 is 0 Å². The average molecular weight is 297 g/mol. The van der Waals surface area contributed by atoms with Crippen LogP contribution in [0.5, 0.6) is 0 Å². The number of thioether (sulfide) groups is 1. The molecule has 0 bridgehead atoms. The highest BCUT2D eigenvalue weighted by molar-refractivity contribution is 8.00. The normalized spacial score (nSPS) is 10.8. The summed E-state index contributed by atoms with van der Waals surface area (Å²) in [6, 6.07) is 8.76. The first kappa shape index (κ1) is 19.3. The van der Waals surface area contributed by atoms with Gasteiger partial charge in [-0.15, -0.1) is 11.8 Å². The summed E-state index contributed by atoms with van der Waals surface area (Å²) in [7, 11) is 0. The molecule has 0 aliphatic heterocycles. The zero-order valence-corrected chi connectivity index (χ0v) is 14.9. The maximum Gasteiger partial charge on any atom is 0.0609 e. The van der Waals surface area contributed by atoms with Gasteiger partial charge >= 0.3 is 0 Å². The molecule has 0 aromatic heterocycles. The Morgan fingerprint density at radius 2 is 1.45 bits per heavy atom. The SMILES string of the molecule is CC.CCCN(CCC)c1ccc(SC(C)(C)N)cc1. The Morgan fingerprint density at radius 1 is 1.00 bits per heavy atom. The van der Waals surface area contributed by atoms with Crippen molar-refractivity contribution >= 4 is 17.4 Å². The number of nitrogens with two attached hydrogens (primary N) is 1. The van der Waals surface area contributed by atoms with Gasteiger partial charge < -0.3 is 10.6 Å². The standard InChI is InChI=1S/C15H26N2S.C2H6/c1-5-11-17(12-6-2)13-7-9-14(10-8-13)18-15(3,4)16;1-2/h7-10H,5-6,11-12,16H2,1-4H3;1-2H3. The van der Waals surface area contributed by atoms with Gasteiger partial charge in [-0.25, -0.2) is 0 Å². The van der Waals surface area contributed by atoms with Crippen LogP contribution in [-0.2, 0) is 0 Å². The van der Waals surface area contributed by atoms with Crippen molar-refractivity contribution < 1.29 is 0 Å². The predicted molar refractivity (Wildman–Crippen MR) is 94.7 cm³/mol.